The van der Waals surface area contributed by atoms with Gasteiger partial charge in [0.05, 0.1) is 6.61 Å². The molecule has 0 amide bonds. The van der Waals surface area contributed by atoms with Gasteiger partial charge in [-0.1, -0.05) is 73.7 Å². The summed E-state index contributed by atoms with van der Waals surface area (Å²) in [7, 11) is 0. The molecule has 38 heavy (non-hydrogen) atoms. The molecule has 4 atom stereocenters. The lowest BCUT2D eigenvalue weighted by molar-refractivity contribution is -0.152. The summed E-state index contributed by atoms with van der Waals surface area (Å²) in [6, 6.07) is 25.4. The van der Waals surface area contributed by atoms with Crippen LogP contribution in [0.25, 0.3) is 0 Å². The molecule has 3 aromatic rings. The summed E-state index contributed by atoms with van der Waals surface area (Å²) in [6.07, 6.45) is -4.09. The van der Waals surface area contributed by atoms with E-state index >= 15 is 0 Å². The molecule has 0 radical (unpaired) electrons. The van der Waals surface area contributed by atoms with Gasteiger partial charge >= 0.3 is 5.97 Å². The Morgan fingerprint density at radius 1 is 0.816 bits per heavy atom. The van der Waals surface area contributed by atoms with Crippen molar-refractivity contribution in [3.05, 3.63) is 95.6 Å². The predicted octanol–water partition coefficient (Wildman–Crippen LogP) is 3.35. The van der Waals surface area contributed by atoms with E-state index in [1.54, 1.807) is 0 Å². The van der Waals surface area contributed by atoms with Crippen LogP contribution in [0.4, 0.5) is 0 Å². The molecule has 0 heterocycles. The van der Waals surface area contributed by atoms with Gasteiger partial charge in [0.1, 0.15) is 49.6 Å². The molecule has 3 rings (SSSR count). The second-order valence-corrected chi connectivity index (χ2v) is 9.18. The van der Waals surface area contributed by atoms with E-state index in [0.29, 0.717) is 31.1 Å². The van der Waals surface area contributed by atoms with Gasteiger partial charge in [-0.05, 0) is 35.1 Å². The maximum atomic E-state index is 12.2. The van der Waals surface area contributed by atoms with E-state index in [0.717, 1.165) is 16.7 Å². The average Bonchev–Trinajstić information content (AvgIpc) is 2.96. The zero-order valence-corrected chi connectivity index (χ0v) is 21.5. The predicted molar refractivity (Wildman–Crippen MR) is 142 cm³/mol. The van der Waals surface area contributed by atoms with E-state index in [-0.39, 0.29) is 12.3 Å². The lowest BCUT2D eigenvalue weighted by Gasteiger charge is -2.21. The van der Waals surface area contributed by atoms with Crippen LogP contribution in [-0.4, -0.2) is 57.9 Å². The minimum atomic E-state index is -1.61. The van der Waals surface area contributed by atoms with Gasteiger partial charge in [0, 0.05) is 12.5 Å². The highest BCUT2D eigenvalue weighted by Crippen LogP contribution is 2.34. The lowest BCUT2D eigenvalue weighted by atomic mass is 9.95. The van der Waals surface area contributed by atoms with Crippen LogP contribution < -0.4 is 9.47 Å². The normalized spacial score (nSPS) is 14.2. The molecule has 0 saturated heterocycles. The molecular weight excluding hydrogens is 488 g/mol. The average molecular weight is 525 g/mol. The first-order valence-corrected chi connectivity index (χ1v) is 12.7. The first-order valence-electron chi connectivity index (χ1n) is 12.7. The van der Waals surface area contributed by atoms with Crippen LogP contribution in [0.1, 0.15) is 42.4 Å². The van der Waals surface area contributed by atoms with Crippen molar-refractivity contribution in [2.45, 2.75) is 57.2 Å². The van der Waals surface area contributed by atoms with Crippen LogP contribution in [0.2, 0.25) is 0 Å². The van der Waals surface area contributed by atoms with Crippen LogP contribution >= 0.6 is 0 Å². The number of esters is 1. The standard InChI is InChI=1S/C30H36O8/c1-21(12-15-29(34)38-20-27(33)30(35)26(32)17-31)25-14-13-24(36-18-22-8-4-2-5-9-22)16-28(25)37-19-23-10-6-3-7-11-23/h2-11,13-14,16,21,26-27,30-33,35H,12,15,17-20H2,1H3/t21?,26-,27+,30+/m0/s1. The molecule has 8 nitrogen and oxygen atoms in total. The summed E-state index contributed by atoms with van der Waals surface area (Å²) in [5.74, 6) is 0.737. The number of aliphatic hydroxyl groups is 4. The van der Waals surface area contributed by atoms with E-state index in [1.807, 2.05) is 85.8 Å². The largest absolute Gasteiger partial charge is 0.489 e. The number of aliphatic hydroxyl groups excluding tert-OH is 4. The van der Waals surface area contributed by atoms with Crippen molar-refractivity contribution in [3.63, 3.8) is 0 Å². The Balaban J connectivity index is 1.62. The van der Waals surface area contributed by atoms with Crippen molar-refractivity contribution >= 4 is 5.97 Å². The molecule has 0 fully saturated rings. The first kappa shape index (κ1) is 29.1. The molecule has 1 unspecified atom stereocenters. The molecule has 0 spiro atoms. The summed E-state index contributed by atoms with van der Waals surface area (Å²) in [5, 5.41) is 37.8. The smallest absolute Gasteiger partial charge is 0.305 e. The van der Waals surface area contributed by atoms with E-state index in [1.165, 1.54) is 0 Å². The Bertz CT molecular complexity index is 1110. The second-order valence-electron chi connectivity index (χ2n) is 9.18. The summed E-state index contributed by atoms with van der Waals surface area (Å²) in [6.45, 7) is 1.59. The van der Waals surface area contributed by atoms with E-state index in [9.17, 15) is 20.1 Å². The van der Waals surface area contributed by atoms with Crippen molar-refractivity contribution in [2.75, 3.05) is 13.2 Å². The van der Waals surface area contributed by atoms with E-state index in [4.69, 9.17) is 19.3 Å². The Hall–Kier alpha value is -3.43. The van der Waals surface area contributed by atoms with Crippen molar-refractivity contribution in [3.8, 4) is 11.5 Å². The molecule has 0 aliphatic carbocycles. The number of benzene rings is 3. The first-order chi connectivity index (χ1) is 18.4. The van der Waals surface area contributed by atoms with Gasteiger partial charge in [0.15, 0.2) is 0 Å². The second kappa shape index (κ2) is 15.1. The molecule has 0 aliphatic heterocycles. The summed E-state index contributed by atoms with van der Waals surface area (Å²) in [5.41, 5.74) is 3.00. The van der Waals surface area contributed by atoms with Gasteiger partial charge < -0.3 is 34.6 Å². The fraction of sp³-hybridized carbons (Fsp3) is 0.367. The topological polar surface area (TPSA) is 126 Å². The van der Waals surface area contributed by atoms with Crippen LogP contribution in [0.15, 0.2) is 78.9 Å². The lowest BCUT2D eigenvalue weighted by Crippen LogP contribution is -2.42. The van der Waals surface area contributed by atoms with Gasteiger partial charge in [-0.15, -0.1) is 0 Å². The Labute approximate surface area is 223 Å². The van der Waals surface area contributed by atoms with Gasteiger partial charge in [-0.25, -0.2) is 0 Å². The van der Waals surface area contributed by atoms with Crippen molar-refractivity contribution in [2.24, 2.45) is 0 Å². The quantitative estimate of drug-likeness (QED) is 0.223. The van der Waals surface area contributed by atoms with Crippen molar-refractivity contribution in [1.82, 2.24) is 0 Å². The minimum Gasteiger partial charge on any atom is -0.489 e. The summed E-state index contributed by atoms with van der Waals surface area (Å²) in [4.78, 5) is 12.2. The maximum Gasteiger partial charge on any atom is 0.305 e. The van der Waals surface area contributed by atoms with Crippen LogP contribution in [0, 0.1) is 0 Å². The highest BCUT2D eigenvalue weighted by atomic mass is 16.5. The molecule has 0 bridgehead atoms. The maximum absolute atomic E-state index is 12.2. The van der Waals surface area contributed by atoms with Gasteiger partial charge in [-0.2, -0.15) is 0 Å². The zero-order chi connectivity index (χ0) is 27.3. The van der Waals surface area contributed by atoms with Gasteiger partial charge in [0.25, 0.3) is 0 Å². The third-order valence-corrected chi connectivity index (χ3v) is 6.17. The Kier molecular flexibility index (Phi) is 11.6. The van der Waals surface area contributed by atoms with Crippen molar-refractivity contribution < 1.29 is 39.4 Å². The number of hydrogen-bond acceptors (Lipinski definition) is 8. The SMILES string of the molecule is CC(CCC(=O)OC[C@@H](O)[C@H](O)[C@@H](O)CO)c1ccc(OCc2ccccc2)cc1OCc1ccccc1. The molecular formula is C30H36O8. The van der Waals surface area contributed by atoms with Crippen molar-refractivity contribution in [1.29, 1.82) is 0 Å². The molecule has 4 N–H and O–H groups in total. The number of ether oxygens (including phenoxy) is 3. The monoisotopic (exact) mass is 524 g/mol. The van der Waals surface area contributed by atoms with Gasteiger partial charge in [-0.3, -0.25) is 4.79 Å². The fourth-order valence-electron chi connectivity index (χ4n) is 3.82. The number of hydrogen-bond donors (Lipinski definition) is 4. The zero-order valence-electron chi connectivity index (χ0n) is 21.5. The van der Waals surface area contributed by atoms with Crippen LogP contribution in [-0.2, 0) is 22.7 Å². The molecule has 3 aromatic carbocycles. The van der Waals surface area contributed by atoms with Crippen LogP contribution in [0.5, 0.6) is 11.5 Å². The summed E-state index contributed by atoms with van der Waals surface area (Å²) < 4.78 is 17.2. The molecule has 204 valence electrons. The molecule has 0 aliphatic rings. The molecule has 8 heteroatoms. The third-order valence-electron chi connectivity index (χ3n) is 6.17. The van der Waals surface area contributed by atoms with E-state index in [2.05, 4.69) is 0 Å². The highest BCUT2D eigenvalue weighted by Gasteiger charge is 2.25. The highest BCUT2D eigenvalue weighted by molar-refractivity contribution is 5.69. The Morgan fingerprint density at radius 2 is 1.42 bits per heavy atom. The number of carbonyl (C=O) groups is 1. The summed E-state index contributed by atoms with van der Waals surface area (Å²) >= 11 is 0. The number of rotatable bonds is 15. The van der Waals surface area contributed by atoms with E-state index < -0.39 is 37.5 Å². The minimum absolute atomic E-state index is 0.0526. The Morgan fingerprint density at radius 3 is 2.03 bits per heavy atom. The molecule has 0 saturated carbocycles. The third kappa shape index (κ3) is 9.15. The van der Waals surface area contributed by atoms with Gasteiger partial charge in [0.2, 0.25) is 0 Å². The molecule has 0 aromatic heterocycles. The van der Waals surface area contributed by atoms with Crippen LogP contribution in [0.3, 0.4) is 0 Å². The number of carbonyl (C=O) groups excluding carboxylic acids is 1. The fourth-order valence-corrected chi connectivity index (χ4v) is 3.82.